The summed E-state index contributed by atoms with van der Waals surface area (Å²) in [6.07, 6.45) is 6.73. The van der Waals surface area contributed by atoms with Gasteiger partial charge in [0.1, 0.15) is 0 Å². The Morgan fingerprint density at radius 1 is 1.12 bits per heavy atom. The number of hydrogen-bond donors (Lipinski definition) is 4. The van der Waals surface area contributed by atoms with E-state index in [9.17, 15) is 9.59 Å². The molecule has 7 nitrogen and oxygen atoms in total. The fourth-order valence-electron chi connectivity index (χ4n) is 5.82. The number of benzene rings is 1. The molecule has 4 atom stereocenters. The highest BCUT2D eigenvalue weighted by Crippen LogP contribution is 2.48. The fraction of sp³-hybridized carbons (Fsp3) is 0.583. The first-order chi connectivity index (χ1) is 15.7. The number of hydrogen-bond acceptors (Lipinski definition) is 5. The largest absolute Gasteiger partial charge is 0.348 e. The minimum Gasteiger partial charge on any atom is -0.348 e. The number of nitrogens with zero attached hydrogens (tertiary/aromatic N) is 1. The van der Waals surface area contributed by atoms with Crippen molar-refractivity contribution >= 4 is 29.4 Å². The highest BCUT2D eigenvalue weighted by Gasteiger charge is 2.51. The van der Waals surface area contributed by atoms with Crippen molar-refractivity contribution in [2.75, 3.05) is 24.5 Å². The first-order valence-corrected chi connectivity index (χ1v) is 12.9. The van der Waals surface area contributed by atoms with Crippen molar-refractivity contribution in [3.8, 4) is 0 Å². The normalized spacial score (nSPS) is 32.2. The lowest BCUT2D eigenvalue weighted by molar-refractivity contribution is -0.117. The topological polar surface area (TPSA) is 85.5 Å². The first-order valence-electron chi connectivity index (χ1n) is 12.0. The van der Waals surface area contributed by atoms with Crippen LogP contribution in [0.2, 0.25) is 0 Å². The maximum absolute atomic E-state index is 13.4. The van der Waals surface area contributed by atoms with E-state index in [0.717, 1.165) is 50.3 Å². The van der Waals surface area contributed by atoms with Gasteiger partial charge in [0, 0.05) is 29.9 Å². The second-order valence-corrected chi connectivity index (χ2v) is 10.8. The maximum atomic E-state index is 13.4. The molecule has 0 radical (unpaired) electrons. The maximum Gasteiger partial charge on any atom is 0.326 e. The van der Waals surface area contributed by atoms with E-state index in [0.29, 0.717) is 10.8 Å². The highest BCUT2D eigenvalue weighted by molar-refractivity contribution is 8.04. The minimum absolute atomic E-state index is 0.0469. The summed E-state index contributed by atoms with van der Waals surface area (Å²) in [5.41, 5.74) is 3.14. The Balaban J connectivity index is 1.28. The third-order valence-electron chi connectivity index (χ3n) is 7.70. The van der Waals surface area contributed by atoms with Gasteiger partial charge in [0.25, 0.3) is 5.91 Å². The predicted octanol–water partition coefficient (Wildman–Crippen LogP) is 2.61. The van der Waals surface area contributed by atoms with Crippen LogP contribution in [0.15, 0.2) is 34.9 Å². The lowest BCUT2D eigenvalue weighted by atomic mass is 9.80. The van der Waals surface area contributed by atoms with Crippen molar-refractivity contribution in [1.82, 2.24) is 21.3 Å². The smallest absolute Gasteiger partial charge is 0.326 e. The average molecular weight is 454 g/mol. The Hall–Kier alpha value is -2.03. The average Bonchev–Trinajstić information content (AvgIpc) is 3.13. The molecular weight excluding hydrogens is 422 g/mol. The molecule has 0 bridgehead atoms. The standard InChI is InChI=1S/C24H31N5O2S/c30-22(27-16-7-3-10-25-13-16)21-20-19-18(9-11-26-23(19)32-21)29(24(31)28-20)17-8-2-6-15(12-17)14-4-1-5-14/h2,6,8,12,14,16,18-19,23,25-26H,1,3-5,7,9-11,13H2,(H,27,30)(H,28,31)/t16-,18?,19?,23?/m1/s1. The van der Waals surface area contributed by atoms with Gasteiger partial charge in [0.2, 0.25) is 0 Å². The van der Waals surface area contributed by atoms with Crippen LogP contribution in [0.25, 0.3) is 0 Å². The van der Waals surface area contributed by atoms with Crippen molar-refractivity contribution in [2.45, 2.75) is 61.9 Å². The van der Waals surface area contributed by atoms with Crippen LogP contribution in [0.3, 0.4) is 0 Å². The molecule has 170 valence electrons. The van der Waals surface area contributed by atoms with E-state index in [1.165, 1.54) is 24.8 Å². The van der Waals surface area contributed by atoms with Crippen molar-refractivity contribution < 1.29 is 9.59 Å². The number of thioether (sulfide) groups is 1. The summed E-state index contributed by atoms with van der Waals surface area (Å²) in [4.78, 5) is 29.2. The quantitative estimate of drug-likeness (QED) is 0.563. The van der Waals surface area contributed by atoms with Crippen LogP contribution < -0.4 is 26.2 Å². The second kappa shape index (κ2) is 8.39. The van der Waals surface area contributed by atoms with Gasteiger partial charge in [-0.15, -0.1) is 0 Å². The lowest BCUT2D eigenvalue weighted by Crippen LogP contribution is -2.62. The number of carbonyl (C=O) groups is 2. The van der Waals surface area contributed by atoms with Crippen molar-refractivity contribution in [2.24, 2.45) is 5.92 Å². The second-order valence-electron chi connectivity index (χ2n) is 9.66. The zero-order valence-corrected chi connectivity index (χ0v) is 19.0. The van der Waals surface area contributed by atoms with Gasteiger partial charge in [-0.3, -0.25) is 9.69 Å². The summed E-state index contributed by atoms with van der Waals surface area (Å²) in [5.74, 6) is 0.684. The number of carbonyl (C=O) groups excluding carboxylic acids is 2. The third-order valence-corrected chi connectivity index (χ3v) is 9.06. The van der Waals surface area contributed by atoms with Gasteiger partial charge in [-0.25, -0.2) is 4.79 Å². The molecule has 1 saturated carbocycles. The number of piperidine rings is 2. The van der Waals surface area contributed by atoms with Crippen LogP contribution in [0.4, 0.5) is 10.5 Å². The molecule has 1 aromatic carbocycles. The van der Waals surface area contributed by atoms with Gasteiger partial charge >= 0.3 is 6.03 Å². The number of anilines is 1. The Morgan fingerprint density at radius 3 is 2.81 bits per heavy atom. The monoisotopic (exact) mass is 453 g/mol. The van der Waals surface area contributed by atoms with Crippen molar-refractivity contribution in [3.05, 3.63) is 40.4 Å². The molecule has 8 heteroatoms. The molecule has 1 aromatic rings. The van der Waals surface area contributed by atoms with Crippen LogP contribution in [-0.2, 0) is 4.79 Å². The Bertz CT molecular complexity index is 955. The molecule has 4 fully saturated rings. The van der Waals surface area contributed by atoms with Gasteiger partial charge in [0.05, 0.1) is 16.3 Å². The lowest BCUT2D eigenvalue weighted by Gasteiger charge is -2.46. The number of urea groups is 1. The van der Waals surface area contributed by atoms with E-state index in [1.54, 1.807) is 11.8 Å². The van der Waals surface area contributed by atoms with Gasteiger partial charge in [0.15, 0.2) is 0 Å². The molecule has 1 aliphatic carbocycles. The number of rotatable bonds is 4. The Kier molecular flexibility index (Phi) is 5.39. The van der Waals surface area contributed by atoms with Crippen LogP contribution in [-0.4, -0.2) is 49.0 Å². The molecule has 0 aromatic heterocycles. The molecular formula is C24H31N5O2S. The summed E-state index contributed by atoms with van der Waals surface area (Å²) in [6.45, 7) is 2.67. The van der Waals surface area contributed by atoms with Crippen LogP contribution in [0.5, 0.6) is 0 Å². The SMILES string of the molecule is O=C(N[C@@H]1CCCNC1)C1=C2NC(=O)N(c3cccc(C4CCC4)c3)C3CCNC(S1)C23. The highest BCUT2D eigenvalue weighted by atomic mass is 32.2. The van der Waals surface area contributed by atoms with Crippen LogP contribution >= 0.6 is 11.8 Å². The number of amides is 3. The van der Waals surface area contributed by atoms with Crippen LogP contribution in [0.1, 0.15) is 50.0 Å². The van der Waals surface area contributed by atoms with E-state index >= 15 is 0 Å². The van der Waals surface area contributed by atoms with E-state index in [-0.39, 0.29) is 35.3 Å². The predicted molar refractivity (Wildman–Crippen MR) is 126 cm³/mol. The van der Waals surface area contributed by atoms with E-state index in [2.05, 4.69) is 45.5 Å². The van der Waals surface area contributed by atoms with Crippen molar-refractivity contribution in [1.29, 1.82) is 0 Å². The van der Waals surface area contributed by atoms with Crippen LogP contribution in [0, 0.1) is 5.92 Å². The molecule has 4 heterocycles. The minimum atomic E-state index is -0.111. The molecule has 32 heavy (non-hydrogen) atoms. The third kappa shape index (κ3) is 3.53. The van der Waals surface area contributed by atoms with Gasteiger partial charge < -0.3 is 21.3 Å². The molecule has 4 aliphatic heterocycles. The fourth-order valence-corrected chi connectivity index (χ4v) is 7.22. The molecule has 3 saturated heterocycles. The first kappa shape index (κ1) is 20.6. The number of nitrogens with one attached hydrogen (secondary N) is 4. The zero-order chi connectivity index (χ0) is 21.7. The van der Waals surface area contributed by atoms with E-state index in [4.69, 9.17) is 0 Å². The van der Waals surface area contributed by atoms with Gasteiger partial charge in [-0.05, 0) is 68.8 Å². The zero-order valence-electron chi connectivity index (χ0n) is 18.2. The van der Waals surface area contributed by atoms with E-state index in [1.807, 2.05) is 4.90 Å². The summed E-state index contributed by atoms with van der Waals surface area (Å²) < 4.78 is 0. The molecule has 5 aliphatic rings. The van der Waals surface area contributed by atoms with Gasteiger partial charge in [-0.2, -0.15) is 0 Å². The van der Waals surface area contributed by atoms with Crippen molar-refractivity contribution in [3.63, 3.8) is 0 Å². The Morgan fingerprint density at radius 2 is 2.03 bits per heavy atom. The summed E-state index contributed by atoms with van der Waals surface area (Å²) >= 11 is 1.58. The summed E-state index contributed by atoms with van der Waals surface area (Å²) in [6, 6.07) is 8.65. The summed E-state index contributed by atoms with van der Waals surface area (Å²) in [7, 11) is 0. The molecule has 6 rings (SSSR count). The molecule has 4 N–H and O–H groups in total. The molecule has 3 unspecified atom stereocenters. The molecule has 3 amide bonds. The summed E-state index contributed by atoms with van der Waals surface area (Å²) in [5, 5.41) is 13.4. The van der Waals surface area contributed by atoms with Gasteiger partial charge in [-0.1, -0.05) is 30.3 Å². The Labute approximate surface area is 193 Å². The molecule has 0 spiro atoms. The van der Waals surface area contributed by atoms with E-state index < -0.39 is 0 Å².